The van der Waals surface area contributed by atoms with Crippen molar-refractivity contribution in [1.82, 2.24) is 29.5 Å². The largest absolute Gasteiger partial charge is 0.274 e. The van der Waals surface area contributed by atoms with Crippen LogP contribution in [0.2, 0.25) is 0 Å². The smallest absolute Gasteiger partial charge is 0.244 e. The van der Waals surface area contributed by atoms with Gasteiger partial charge in [-0.25, -0.2) is 13.1 Å². The predicted octanol–water partition coefficient (Wildman–Crippen LogP) is 0.0147. The first-order valence-electron chi connectivity index (χ1n) is 6.23. The maximum absolute atomic E-state index is 12.3. The first-order valence-corrected chi connectivity index (χ1v) is 7.72. The van der Waals surface area contributed by atoms with E-state index >= 15 is 0 Å². The lowest BCUT2D eigenvalue weighted by molar-refractivity contribution is 0.378. The fraction of sp³-hybridized carbons (Fsp3) is 0.545. The van der Waals surface area contributed by atoms with Gasteiger partial charge in [-0.15, -0.1) is 5.10 Å². The highest BCUT2D eigenvalue weighted by Crippen LogP contribution is 2.11. The molecule has 110 valence electrons. The molecule has 0 saturated carbocycles. The molecule has 0 aliphatic carbocycles. The third-order valence-electron chi connectivity index (χ3n) is 2.96. The van der Waals surface area contributed by atoms with Crippen LogP contribution in [0.3, 0.4) is 0 Å². The third kappa shape index (κ3) is 3.42. The molecule has 2 rings (SSSR count). The lowest BCUT2D eigenvalue weighted by atomic mass is 10.1. The van der Waals surface area contributed by atoms with Gasteiger partial charge in [0.2, 0.25) is 10.0 Å². The van der Waals surface area contributed by atoms with Crippen molar-refractivity contribution in [2.75, 3.05) is 0 Å². The normalized spacial score (nSPS) is 13.8. The van der Waals surface area contributed by atoms with E-state index in [1.807, 2.05) is 13.8 Å². The summed E-state index contributed by atoms with van der Waals surface area (Å²) in [7, 11) is -1.91. The molecule has 1 N–H and O–H groups in total. The summed E-state index contributed by atoms with van der Waals surface area (Å²) in [5, 5.41) is 11.5. The lowest BCUT2D eigenvalue weighted by Crippen LogP contribution is -2.41. The van der Waals surface area contributed by atoms with Crippen molar-refractivity contribution in [3.8, 4) is 0 Å². The molecule has 2 aromatic heterocycles. The maximum atomic E-state index is 12.3. The molecule has 0 unspecified atom stereocenters. The molecular weight excluding hydrogens is 280 g/mol. The van der Waals surface area contributed by atoms with Crippen LogP contribution in [0, 0.1) is 5.92 Å². The van der Waals surface area contributed by atoms with Crippen LogP contribution in [0.1, 0.15) is 13.8 Å². The fourth-order valence-electron chi connectivity index (χ4n) is 1.72. The molecule has 2 heterocycles. The lowest BCUT2D eigenvalue weighted by Gasteiger charge is -2.21. The molecule has 0 amide bonds. The van der Waals surface area contributed by atoms with Crippen LogP contribution in [0.4, 0.5) is 0 Å². The van der Waals surface area contributed by atoms with Gasteiger partial charge in [0.1, 0.15) is 4.90 Å². The van der Waals surface area contributed by atoms with Crippen LogP contribution in [0.25, 0.3) is 0 Å². The standard InChI is InChI=1S/C11H18N6O2S/c1-9(2)11(8-17-5-4-12-15-17)14-20(18,19)10-6-13-16(3)7-10/h4-7,9,11,14H,8H2,1-3H3/t11-/m1/s1. The summed E-state index contributed by atoms with van der Waals surface area (Å²) in [6, 6.07) is -0.276. The molecule has 0 spiro atoms. The zero-order valence-electron chi connectivity index (χ0n) is 11.6. The number of hydrogen-bond acceptors (Lipinski definition) is 5. The Morgan fingerprint density at radius 1 is 1.40 bits per heavy atom. The predicted molar refractivity (Wildman–Crippen MR) is 72.2 cm³/mol. The van der Waals surface area contributed by atoms with Crippen LogP contribution in [-0.4, -0.2) is 39.2 Å². The molecule has 0 aromatic carbocycles. The topological polar surface area (TPSA) is 94.7 Å². The molecule has 9 heteroatoms. The summed E-state index contributed by atoms with van der Waals surface area (Å²) in [6.45, 7) is 4.33. The summed E-state index contributed by atoms with van der Waals surface area (Å²) in [6.07, 6.45) is 6.06. The summed E-state index contributed by atoms with van der Waals surface area (Å²) in [5.41, 5.74) is 0. The summed E-state index contributed by atoms with van der Waals surface area (Å²) < 4.78 is 30.3. The average molecular weight is 298 g/mol. The van der Waals surface area contributed by atoms with Crippen molar-refractivity contribution in [2.24, 2.45) is 13.0 Å². The maximum Gasteiger partial charge on any atom is 0.244 e. The van der Waals surface area contributed by atoms with Crippen molar-refractivity contribution in [3.05, 3.63) is 24.8 Å². The Morgan fingerprint density at radius 2 is 2.15 bits per heavy atom. The van der Waals surface area contributed by atoms with Crippen LogP contribution in [0.5, 0.6) is 0 Å². The van der Waals surface area contributed by atoms with E-state index in [1.165, 1.54) is 17.1 Å². The van der Waals surface area contributed by atoms with Gasteiger partial charge >= 0.3 is 0 Å². The molecule has 2 aromatic rings. The average Bonchev–Trinajstić information content (AvgIpc) is 2.99. The summed E-state index contributed by atoms with van der Waals surface area (Å²) in [5.74, 6) is 0.116. The Hall–Kier alpha value is -1.74. The second-order valence-corrected chi connectivity index (χ2v) is 6.66. The van der Waals surface area contributed by atoms with E-state index in [0.29, 0.717) is 6.54 Å². The second kappa shape index (κ2) is 5.71. The van der Waals surface area contributed by atoms with Gasteiger partial charge < -0.3 is 0 Å². The Labute approximate surface area is 117 Å². The van der Waals surface area contributed by atoms with Gasteiger partial charge in [0.25, 0.3) is 0 Å². The van der Waals surface area contributed by atoms with Gasteiger partial charge in [-0.3, -0.25) is 9.36 Å². The molecule has 0 aliphatic rings. The number of aryl methyl sites for hydroxylation is 1. The van der Waals surface area contributed by atoms with E-state index in [9.17, 15) is 8.42 Å². The highest BCUT2D eigenvalue weighted by Gasteiger charge is 2.24. The number of nitrogens with one attached hydrogen (secondary N) is 1. The van der Waals surface area contributed by atoms with Gasteiger partial charge in [-0.05, 0) is 5.92 Å². The molecule has 1 atom stereocenters. The van der Waals surface area contributed by atoms with Gasteiger partial charge in [-0.2, -0.15) is 5.10 Å². The van der Waals surface area contributed by atoms with Crippen molar-refractivity contribution < 1.29 is 8.42 Å². The van der Waals surface area contributed by atoms with Crippen molar-refractivity contribution in [2.45, 2.75) is 31.3 Å². The zero-order valence-corrected chi connectivity index (χ0v) is 12.4. The number of nitrogens with zero attached hydrogens (tertiary/aromatic N) is 5. The molecule has 20 heavy (non-hydrogen) atoms. The Balaban J connectivity index is 2.15. The van der Waals surface area contributed by atoms with E-state index in [4.69, 9.17) is 0 Å². The van der Waals surface area contributed by atoms with Crippen LogP contribution in [0.15, 0.2) is 29.7 Å². The molecule has 0 radical (unpaired) electrons. The highest BCUT2D eigenvalue weighted by atomic mass is 32.2. The van der Waals surface area contributed by atoms with Crippen molar-refractivity contribution >= 4 is 10.0 Å². The van der Waals surface area contributed by atoms with Gasteiger partial charge in [0, 0.05) is 25.5 Å². The fourth-order valence-corrected chi connectivity index (χ4v) is 3.08. The van der Waals surface area contributed by atoms with Crippen LogP contribution in [-0.2, 0) is 23.6 Å². The minimum atomic E-state index is -3.58. The summed E-state index contributed by atoms with van der Waals surface area (Å²) in [4.78, 5) is 0.157. The summed E-state index contributed by atoms with van der Waals surface area (Å²) >= 11 is 0. The quantitative estimate of drug-likeness (QED) is 0.811. The minimum Gasteiger partial charge on any atom is -0.274 e. The first-order chi connectivity index (χ1) is 9.38. The molecule has 0 fully saturated rings. The number of aromatic nitrogens is 5. The van der Waals surface area contributed by atoms with Gasteiger partial charge in [0.05, 0.1) is 18.9 Å². The number of sulfonamides is 1. The minimum absolute atomic E-state index is 0.116. The Bertz CT molecular complexity index is 646. The van der Waals surface area contributed by atoms with Crippen LogP contribution >= 0.6 is 0 Å². The zero-order chi connectivity index (χ0) is 14.8. The molecular formula is C11H18N6O2S. The number of hydrogen-bond donors (Lipinski definition) is 1. The van der Waals surface area contributed by atoms with Gasteiger partial charge in [-0.1, -0.05) is 19.1 Å². The Morgan fingerprint density at radius 3 is 2.65 bits per heavy atom. The molecule has 0 saturated heterocycles. The third-order valence-corrected chi connectivity index (χ3v) is 4.40. The SMILES string of the molecule is CC(C)[C@@H](Cn1ccnn1)NS(=O)(=O)c1cnn(C)c1. The van der Waals surface area contributed by atoms with E-state index in [0.717, 1.165) is 0 Å². The van der Waals surface area contributed by atoms with E-state index < -0.39 is 10.0 Å². The highest BCUT2D eigenvalue weighted by molar-refractivity contribution is 7.89. The first kappa shape index (κ1) is 14.7. The monoisotopic (exact) mass is 298 g/mol. The van der Waals surface area contributed by atoms with Crippen molar-refractivity contribution in [1.29, 1.82) is 0 Å². The number of rotatable bonds is 6. The Kier molecular flexibility index (Phi) is 4.19. The van der Waals surface area contributed by atoms with Crippen molar-refractivity contribution in [3.63, 3.8) is 0 Å². The second-order valence-electron chi connectivity index (χ2n) is 4.95. The van der Waals surface area contributed by atoms with Crippen LogP contribution < -0.4 is 4.72 Å². The molecule has 8 nitrogen and oxygen atoms in total. The molecule has 0 bridgehead atoms. The van der Waals surface area contributed by atoms with E-state index in [-0.39, 0.29) is 16.9 Å². The van der Waals surface area contributed by atoms with E-state index in [2.05, 4.69) is 20.1 Å². The van der Waals surface area contributed by atoms with E-state index in [1.54, 1.807) is 24.1 Å². The van der Waals surface area contributed by atoms with Gasteiger partial charge in [0.15, 0.2) is 0 Å². The molecule has 0 aliphatic heterocycles.